The summed E-state index contributed by atoms with van der Waals surface area (Å²) in [6.45, 7) is 5.37. The predicted molar refractivity (Wildman–Crippen MR) is 43.3 cm³/mol. The van der Waals surface area contributed by atoms with Gasteiger partial charge in [0.2, 0.25) is 0 Å². The molecule has 0 aliphatic carbocycles. The first-order chi connectivity index (χ1) is 5.27. The highest BCUT2D eigenvalue weighted by Crippen LogP contribution is 2.21. The van der Waals surface area contributed by atoms with Gasteiger partial charge in [0.05, 0.1) is 6.61 Å². The van der Waals surface area contributed by atoms with Crippen molar-refractivity contribution in [2.75, 3.05) is 32.8 Å². The van der Waals surface area contributed by atoms with Gasteiger partial charge >= 0.3 is 0 Å². The van der Waals surface area contributed by atoms with Crippen molar-refractivity contribution < 1.29 is 10.2 Å². The van der Waals surface area contributed by atoms with Crippen LogP contribution in [0.25, 0.3) is 0 Å². The van der Waals surface area contributed by atoms with Gasteiger partial charge in [-0.25, -0.2) is 0 Å². The predicted octanol–water partition coefficient (Wildman–Crippen LogP) is -0.461. The second-order valence-corrected chi connectivity index (χ2v) is 3.40. The Morgan fingerprint density at radius 3 is 2.55 bits per heavy atom. The van der Waals surface area contributed by atoms with Crippen LogP contribution in [0, 0.1) is 11.8 Å². The maximum absolute atomic E-state index is 8.93. The van der Waals surface area contributed by atoms with Crippen molar-refractivity contribution in [2.45, 2.75) is 6.92 Å². The molecule has 0 aromatic rings. The van der Waals surface area contributed by atoms with Crippen molar-refractivity contribution in [3.8, 4) is 0 Å². The number of likely N-dealkylation sites (tertiary alicyclic amines) is 1. The van der Waals surface area contributed by atoms with Crippen LogP contribution in [0.3, 0.4) is 0 Å². The van der Waals surface area contributed by atoms with E-state index in [4.69, 9.17) is 10.2 Å². The zero-order valence-corrected chi connectivity index (χ0v) is 7.03. The standard InChI is InChI=1S/C8H17NO2/c1-7-4-9(2-3-10)5-8(7)6-11/h7-8,10-11H,2-6H2,1H3/t7-,8+/m0/s1. The van der Waals surface area contributed by atoms with E-state index < -0.39 is 0 Å². The molecule has 3 heteroatoms. The minimum absolute atomic E-state index is 0.227. The summed E-state index contributed by atoms with van der Waals surface area (Å²) < 4.78 is 0. The molecule has 0 spiro atoms. The number of aliphatic hydroxyl groups excluding tert-OH is 2. The molecule has 1 aliphatic heterocycles. The van der Waals surface area contributed by atoms with E-state index in [0.29, 0.717) is 11.8 Å². The fourth-order valence-corrected chi connectivity index (χ4v) is 1.70. The van der Waals surface area contributed by atoms with Crippen LogP contribution in [0.5, 0.6) is 0 Å². The Labute approximate surface area is 67.6 Å². The largest absolute Gasteiger partial charge is 0.396 e. The smallest absolute Gasteiger partial charge is 0.0558 e. The summed E-state index contributed by atoms with van der Waals surface area (Å²) in [5, 5.41) is 17.6. The van der Waals surface area contributed by atoms with Gasteiger partial charge in [-0.1, -0.05) is 6.92 Å². The molecule has 1 aliphatic rings. The molecule has 1 rings (SSSR count). The van der Waals surface area contributed by atoms with Gasteiger partial charge < -0.3 is 15.1 Å². The van der Waals surface area contributed by atoms with Crippen molar-refractivity contribution in [1.29, 1.82) is 0 Å². The third kappa shape index (κ3) is 2.15. The van der Waals surface area contributed by atoms with Crippen LogP contribution in [0.4, 0.5) is 0 Å². The first-order valence-electron chi connectivity index (χ1n) is 4.22. The topological polar surface area (TPSA) is 43.7 Å². The summed E-state index contributed by atoms with van der Waals surface area (Å²) in [7, 11) is 0. The maximum atomic E-state index is 8.93. The lowest BCUT2D eigenvalue weighted by atomic mass is 10.00. The third-order valence-electron chi connectivity index (χ3n) is 2.49. The highest BCUT2D eigenvalue weighted by molar-refractivity contribution is 4.80. The molecule has 3 nitrogen and oxygen atoms in total. The van der Waals surface area contributed by atoms with Gasteiger partial charge in [0.15, 0.2) is 0 Å². The molecule has 0 unspecified atom stereocenters. The summed E-state index contributed by atoms with van der Waals surface area (Å²) in [5.41, 5.74) is 0. The average molecular weight is 159 g/mol. The summed E-state index contributed by atoms with van der Waals surface area (Å²) in [4.78, 5) is 2.20. The molecular formula is C8H17NO2. The maximum Gasteiger partial charge on any atom is 0.0558 e. The molecule has 0 radical (unpaired) electrons. The van der Waals surface area contributed by atoms with Gasteiger partial charge in [-0.15, -0.1) is 0 Å². The SMILES string of the molecule is C[C@H]1CN(CCO)C[C@@H]1CO. The van der Waals surface area contributed by atoms with Crippen LogP contribution in [0.15, 0.2) is 0 Å². The molecule has 2 N–H and O–H groups in total. The molecule has 2 atom stereocenters. The van der Waals surface area contributed by atoms with Crippen LogP contribution < -0.4 is 0 Å². The number of aliphatic hydroxyl groups is 2. The second-order valence-electron chi connectivity index (χ2n) is 3.40. The summed E-state index contributed by atoms with van der Waals surface area (Å²) in [5.74, 6) is 0.994. The molecule has 1 saturated heterocycles. The van der Waals surface area contributed by atoms with Crippen LogP contribution in [-0.4, -0.2) is 48.0 Å². The van der Waals surface area contributed by atoms with Gasteiger partial charge in [-0.3, -0.25) is 0 Å². The lowest BCUT2D eigenvalue weighted by Crippen LogP contribution is -2.24. The quantitative estimate of drug-likeness (QED) is 0.585. The number of rotatable bonds is 3. The van der Waals surface area contributed by atoms with Gasteiger partial charge in [-0.05, 0) is 11.8 Å². The minimum Gasteiger partial charge on any atom is -0.396 e. The molecule has 1 fully saturated rings. The average Bonchev–Trinajstić information content (AvgIpc) is 2.32. The fraction of sp³-hybridized carbons (Fsp3) is 1.00. The van der Waals surface area contributed by atoms with Crippen molar-refractivity contribution >= 4 is 0 Å². The number of hydrogen-bond donors (Lipinski definition) is 2. The minimum atomic E-state index is 0.227. The molecule has 0 aromatic heterocycles. The fourth-order valence-electron chi connectivity index (χ4n) is 1.70. The molecule has 1 heterocycles. The van der Waals surface area contributed by atoms with Gasteiger partial charge in [0.25, 0.3) is 0 Å². The first-order valence-corrected chi connectivity index (χ1v) is 4.22. The van der Waals surface area contributed by atoms with Crippen molar-refractivity contribution in [2.24, 2.45) is 11.8 Å². The van der Waals surface area contributed by atoms with Gasteiger partial charge in [-0.2, -0.15) is 0 Å². The number of β-amino-alcohol motifs (C(OH)–C–C–N with tert-alkyl or cyclic N) is 1. The Hall–Kier alpha value is -0.120. The van der Waals surface area contributed by atoms with Crippen molar-refractivity contribution in [3.05, 3.63) is 0 Å². The van der Waals surface area contributed by atoms with Crippen LogP contribution in [0.1, 0.15) is 6.92 Å². The first kappa shape index (κ1) is 8.97. The third-order valence-corrected chi connectivity index (χ3v) is 2.49. The van der Waals surface area contributed by atoms with E-state index >= 15 is 0 Å². The monoisotopic (exact) mass is 159 g/mol. The molecular weight excluding hydrogens is 142 g/mol. The molecule has 0 bridgehead atoms. The van der Waals surface area contributed by atoms with E-state index in [1.807, 2.05) is 0 Å². The molecule has 66 valence electrons. The zero-order valence-electron chi connectivity index (χ0n) is 7.03. The summed E-state index contributed by atoms with van der Waals surface area (Å²) in [6.07, 6.45) is 0. The highest BCUT2D eigenvalue weighted by atomic mass is 16.3. The van der Waals surface area contributed by atoms with Crippen LogP contribution in [-0.2, 0) is 0 Å². The Bertz CT molecular complexity index is 119. The van der Waals surface area contributed by atoms with E-state index in [0.717, 1.165) is 19.6 Å². The van der Waals surface area contributed by atoms with Gasteiger partial charge in [0.1, 0.15) is 0 Å². The van der Waals surface area contributed by atoms with Crippen molar-refractivity contribution in [1.82, 2.24) is 4.90 Å². The van der Waals surface area contributed by atoms with E-state index in [9.17, 15) is 0 Å². The lowest BCUT2D eigenvalue weighted by Gasteiger charge is -2.12. The van der Waals surface area contributed by atoms with Crippen LogP contribution >= 0.6 is 0 Å². The number of hydrogen-bond acceptors (Lipinski definition) is 3. The van der Waals surface area contributed by atoms with E-state index in [1.54, 1.807) is 0 Å². The van der Waals surface area contributed by atoms with Crippen LogP contribution in [0.2, 0.25) is 0 Å². The molecule has 0 saturated carbocycles. The van der Waals surface area contributed by atoms with E-state index in [-0.39, 0.29) is 13.2 Å². The Morgan fingerprint density at radius 2 is 2.09 bits per heavy atom. The Kier molecular flexibility index (Phi) is 3.30. The molecule has 0 aromatic carbocycles. The Balaban J connectivity index is 2.30. The zero-order chi connectivity index (χ0) is 8.27. The lowest BCUT2D eigenvalue weighted by molar-refractivity contribution is 0.193. The number of nitrogens with zero attached hydrogens (tertiary/aromatic N) is 1. The Morgan fingerprint density at radius 1 is 1.36 bits per heavy atom. The normalized spacial score (nSPS) is 33.0. The molecule has 0 amide bonds. The summed E-state index contributed by atoms with van der Waals surface area (Å²) >= 11 is 0. The molecule has 11 heavy (non-hydrogen) atoms. The van der Waals surface area contributed by atoms with E-state index in [2.05, 4.69) is 11.8 Å². The van der Waals surface area contributed by atoms with Crippen molar-refractivity contribution in [3.63, 3.8) is 0 Å². The van der Waals surface area contributed by atoms with E-state index in [1.165, 1.54) is 0 Å². The highest BCUT2D eigenvalue weighted by Gasteiger charge is 2.27. The van der Waals surface area contributed by atoms with Gasteiger partial charge in [0, 0.05) is 26.2 Å². The summed E-state index contributed by atoms with van der Waals surface area (Å²) in [6, 6.07) is 0. The second kappa shape index (κ2) is 4.04.